The lowest BCUT2D eigenvalue weighted by Crippen LogP contribution is -2.32. The van der Waals surface area contributed by atoms with Crippen LogP contribution in [0.4, 0.5) is 4.39 Å². The lowest BCUT2D eigenvalue weighted by atomic mass is 9.71. The largest absolute Gasteiger partial charge is 0.464 e. The molecule has 1 N–H and O–H groups in total. The van der Waals surface area contributed by atoms with Crippen molar-refractivity contribution >= 4 is 23.3 Å². The number of halogens is 1. The third-order valence-corrected chi connectivity index (χ3v) is 7.82. The second-order valence-corrected chi connectivity index (χ2v) is 13.1. The summed E-state index contributed by atoms with van der Waals surface area (Å²) in [5.41, 5.74) is 2.82. The lowest BCUT2D eigenvalue weighted by molar-refractivity contribution is -0.167. The lowest BCUT2D eigenvalue weighted by Gasteiger charge is -2.36. The van der Waals surface area contributed by atoms with E-state index in [4.69, 9.17) is 14.5 Å². The molecule has 3 aromatic rings. The molecule has 1 aliphatic rings. The molecule has 232 valence electrons. The zero-order chi connectivity index (χ0) is 31.5. The molecule has 1 saturated carbocycles. The van der Waals surface area contributed by atoms with Crippen molar-refractivity contribution in [1.82, 2.24) is 19.9 Å². The van der Waals surface area contributed by atoms with Gasteiger partial charge in [-0.25, -0.2) is 18.7 Å². The number of benzene rings is 1. The standard InChI is InChI=1S/C33H43FN4O5/c1-8-42-31(41)29(43-32(3,4)5)27-20(2)36-26-18-25(37-38(26)28(27)22-13-15-33(6,7)16-14-22)30(40)35-19-24(39)17-21-9-11-23(34)12-10-21/h9-12,18,22,29H,8,13-17,19H2,1-7H3,(H,35,40)/t29-/m0/s1. The van der Waals surface area contributed by atoms with Crippen molar-refractivity contribution in [3.05, 3.63) is 64.4 Å². The first kappa shape index (κ1) is 32.3. The number of hydrogen-bond acceptors (Lipinski definition) is 7. The zero-order valence-corrected chi connectivity index (χ0v) is 26.3. The summed E-state index contributed by atoms with van der Waals surface area (Å²) in [5.74, 6) is -1.55. The first-order chi connectivity index (χ1) is 20.2. The maximum atomic E-state index is 13.3. The highest BCUT2D eigenvalue weighted by Crippen LogP contribution is 2.45. The van der Waals surface area contributed by atoms with Gasteiger partial charge in [-0.3, -0.25) is 9.59 Å². The molecule has 10 heteroatoms. The summed E-state index contributed by atoms with van der Waals surface area (Å²) in [6, 6.07) is 7.28. The van der Waals surface area contributed by atoms with E-state index in [0.29, 0.717) is 22.5 Å². The van der Waals surface area contributed by atoms with Crippen LogP contribution in [0.25, 0.3) is 5.65 Å². The Hall–Kier alpha value is -3.66. The number of aromatic nitrogens is 3. The van der Waals surface area contributed by atoms with Gasteiger partial charge in [0.05, 0.1) is 24.4 Å². The number of carbonyl (C=O) groups is 3. The molecule has 2 heterocycles. The number of fused-ring (bicyclic) bond motifs is 1. The number of rotatable bonds is 10. The first-order valence-corrected chi connectivity index (χ1v) is 15.0. The van der Waals surface area contributed by atoms with Crippen LogP contribution in [-0.2, 0) is 25.5 Å². The number of amides is 1. The number of hydrogen-bond donors (Lipinski definition) is 1. The summed E-state index contributed by atoms with van der Waals surface area (Å²) in [6.45, 7) is 13.8. The summed E-state index contributed by atoms with van der Waals surface area (Å²) in [4.78, 5) is 43.8. The monoisotopic (exact) mass is 594 g/mol. The summed E-state index contributed by atoms with van der Waals surface area (Å²) in [7, 11) is 0. The molecule has 0 radical (unpaired) electrons. The maximum Gasteiger partial charge on any atom is 0.340 e. The minimum atomic E-state index is -1.02. The fourth-order valence-electron chi connectivity index (χ4n) is 5.62. The highest BCUT2D eigenvalue weighted by molar-refractivity contribution is 5.96. The molecule has 1 aliphatic carbocycles. The van der Waals surface area contributed by atoms with Crippen molar-refractivity contribution in [2.45, 2.75) is 98.2 Å². The highest BCUT2D eigenvalue weighted by Gasteiger charge is 2.38. The Morgan fingerprint density at radius 1 is 1.14 bits per heavy atom. The molecular weight excluding hydrogens is 551 g/mol. The second-order valence-electron chi connectivity index (χ2n) is 13.1. The van der Waals surface area contributed by atoms with Crippen LogP contribution in [0.3, 0.4) is 0 Å². The summed E-state index contributed by atoms with van der Waals surface area (Å²) < 4.78 is 26.6. The molecular formula is C33H43FN4O5. The molecule has 0 saturated heterocycles. The SMILES string of the molecule is CCOC(=O)[C@@H](OC(C)(C)C)c1c(C)nc2cc(C(=O)NCC(=O)Cc3ccc(F)cc3)nn2c1C1CCC(C)(C)CC1. The fourth-order valence-corrected chi connectivity index (χ4v) is 5.62. The molecule has 43 heavy (non-hydrogen) atoms. The third-order valence-electron chi connectivity index (χ3n) is 7.82. The Morgan fingerprint density at radius 3 is 2.40 bits per heavy atom. The van der Waals surface area contributed by atoms with Crippen LogP contribution in [0.5, 0.6) is 0 Å². The van der Waals surface area contributed by atoms with Crippen molar-refractivity contribution < 1.29 is 28.2 Å². The van der Waals surface area contributed by atoms with Gasteiger partial charge < -0.3 is 14.8 Å². The molecule has 9 nitrogen and oxygen atoms in total. The average molecular weight is 595 g/mol. The van der Waals surface area contributed by atoms with Gasteiger partial charge in [0.25, 0.3) is 5.91 Å². The van der Waals surface area contributed by atoms with Gasteiger partial charge >= 0.3 is 5.97 Å². The van der Waals surface area contributed by atoms with Gasteiger partial charge in [0.1, 0.15) is 5.82 Å². The molecule has 1 aromatic carbocycles. The molecule has 4 rings (SSSR count). The molecule has 1 amide bonds. The highest BCUT2D eigenvalue weighted by atomic mass is 19.1. The molecule has 2 aromatic heterocycles. The molecule has 0 aliphatic heterocycles. The van der Waals surface area contributed by atoms with Gasteiger partial charge in [0.2, 0.25) is 0 Å². The first-order valence-electron chi connectivity index (χ1n) is 15.0. The van der Waals surface area contributed by atoms with E-state index in [0.717, 1.165) is 31.4 Å². The van der Waals surface area contributed by atoms with Gasteiger partial charge in [0, 0.05) is 29.7 Å². The van der Waals surface area contributed by atoms with Crippen LogP contribution in [0.15, 0.2) is 30.3 Å². The van der Waals surface area contributed by atoms with Crippen LogP contribution >= 0.6 is 0 Å². The van der Waals surface area contributed by atoms with Gasteiger partial charge in [-0.05, 0) is 83.4 Å². The van der Waals surface area contributed by atoms with Crippen molar-refractivity contribution in [3.8, 4) is 0 Å². The Labute approximate surface area is 252 Å². The average Bonchev–Trinajstić information content (AvgIpc) is 3.35. The van der Waals surface area contributed by atoms with Crippen LogP contribution in [-0.4, -0.2) is 51.0 Å². The predicted octanol–water partition coefficient (Wildman–Crippen LogP) is 5.82. The maximum absolute atomic E-state index is 13.3. The Kier molecular flexibility index (Phi) is 9.69. The summed E-state index contributed by atoms with van der Waals surface area (Å²) >= 11 is 0. The number of nitrogens with one attached hydrogen (secondary N) is 1. The zero-order valence-electron chi connectivity index (χ0n) is 26.3. The smallest absolute Gasteiger partial charge is 0.340 e. The Bertz CT molecular complexity index is 1480. The van der Waals surface area contributed by atoms with E-state index in [-0.39, 0.29) is 48.2 Å². The number of ketones is 1. The molecule has 1 fully saturated rings. The normalized spacial score (nSPS) is 16.2. The molecule has 0 spiro atoms. The van der Waals surface area contributed by atoms with Crippen molar-refractivity contribution in [2.24, 2.45) is 5.41 Å². The number of ether oxygens (including phenoxy) is 2. The van der Waals surface area contributed by atoms with E-state index in [1.54, 1.807) is 29.6 Å². The number of nitrogens with zero attached hydrogens (tertiary/aromatic N) is 3. The third kappa shape index (κ3) is 8.04. The predicted molar refractivity (Wildman–Crippen MR) is 160 cm³/mol. The number of carbonyl (C=O) groups excluding carboxylic acids is 3. The number of Topliss-reactive ketones (excluding diaryl/α,β-unsaturated/α-hetero) is 1. The summed E-state index contributed by atoms with van der Waals surface area (Å²) in [5, 5.41) is 7.32. The van der Waals surface area contributed by atoms with Crippen molar-refractivity contribution in [3.63, 3.8) is 0 Å². The van der Waals surface area contributed by atoms with E-state index in [2.05, 4.69) is 24.3 Å². The van der Waals surface area contributed by atoms with Gasteiger partial charge in [-0.2, -0.15) is 5.10 Å². The Morgan fingerprint density at radius 2 is 1.79 bits per heavy atom. The van der Waals surface area contributed by atoms with Crippen LogP contribution in [0, 0.1) is 18.2 Å². The molecule has 1 atom stereocenters. The van der Waals surface area contributed by atoms with Crippen LogP contribution < -0.4 is 5.32 Å². The van der Waals surface area contributed by atoms with E-state index < -0.39 is 23.6 Å². The van der Waals surface area contributed by atoms with Crippen molar-refractivity contribution in [2.75, 3.05) is 13.2 Å². The van der Waals surface area contributed by atoms with E-state index in [9.17, 15) is 18.8 Å². The van der Waals surface area contributed by atoms with Crippen LogP contribution in [0.2, 0.25) is 0 Å². The quantitative estimate of drug-likeness (QED) is 0.294. The van der Waals surface area contributed by atoms with Gasteiger partial charge in [-0.15, -0.1) is 0 Å². The number of esters is 1. The summed E-state index contributed by atoms with van der Waals surface area (Å²) in [6.07, 6.45) is 2.80. The second kappa shape index (κ2) is 12.9. The van der Waals surface area contributed by atoms with Crippen LogP contribution in [0.1, 0.15) is 112 Å². The molecule has 0 bridgehead atoms. The fraction of sp³-hybridized carbons (Fsp3) is 0.545. The molecule has 0 unspecified atom stereocenters. The topological polar surface area (TPSA) is 112 Å². The Balaban J connectivity index is 1.70. The minimum absolute atomic E-state index is 0.0563. The minimum Gasteiger partial charge on any atom is -0.464 e. The van der Waals surface area contributed by atoms with Gasteiger partial charge in [-0.1, -0.05) is 26.0 Å². The van der Waals surface area contributed by atoms with Gasteiger partial charge in [0.15, 0.2) is 23.2 Å². The number of aryl methyl sites for hydroxylation is 1. The van der Waals surface area contributed by atoms with Crippen molar-refractivity contribution in [1.29, 1.82) is 0 Å². The van der Waals surface area contributed by atoms with E-state index in [1.165, 1.54) is 12.1 Å². The van der Waals surface area contributed by atoms with E-state index in [1.807, 2.05) is 27.7 Å². The van der Waals surface area contributed by atoms with E-state index >= 15 is 0 Å².